The fourth-order valence-corrected chi connectivity index (χ4v) is 2.20. The molecule has 2 heteroatoms. The monoisotopic (exact) mass is 252 g/mol. The van der Waals surface area contributed by atoms with Crippen molar-refractivity contribution in [3.05, 3.63) is 66.5 Å². The minimum absolute atomic E-state index is 0.215. The SMILES string of the molecule is COc1ccc2cc(-c3cccc(F)c3)ccc2c1. The summed E-state index contributed by atoms with van der Waals surface area (Å²) < 4.78 is 18.5. The van der Waals surface area contributed by atoms with E-state index in [0.29, 0.717) is 0 Å². The molecular weight excluding hydrogens is 239 g/mol. The van der Waals surface area contributed by atoms with Crippen LogP contribution < -0.4 is 4.74 Å². The summed E-state index contributed by atoms with van der Waals surface area (Å²) in [7, 11) is 1.66. The highest BCUT2D eigenvalue weighted by atomic mass is 19.1. The lowest BCUT2D eigenvalue weighted by Crippen LogP contribution is -1.84. The molecule has 0 amide bonds. The Labute approximate surface area is 111 Å². The van der Waals surface area contributed by atoms with Gasteiger partial charge in [-0.15, -0.1) is 0 Å². The van der Waals surface area contributed by atoms with Crippen LogP contribution in [-0.4, -0.2) is 7.11 Å². The average molecular weight is 252 g/mol. The largest absolute Gasteiger partial charge is 0.497 e. The fraction of sp³-hybridized carbons (Fsp3) is 0.0588. The number of hydrogen-bond acceptors (Lipinski definition) is 1. The molecule has 3 aromatic rings. The van der Waals surface area contributed by atoms with Crippen molar-refractivity contribution in [1.82, 2.24) is 0 Å². The van der Waals surface area contributed by atoms with E-state index >= 15 is 0 Å². The molecule has 0 saturated heterocycles. The first-order chi connectivity index (χ1) is 9.26. The van der Waals surface area contributed by atoms with Gasteiger partial charge in [0.15, 0.2) is 0 Å². The van der Waals surface area contributed by atoms with E-state index in [1.54, 1.807) is 19.2 Å². The highest BCUT2D eigenvalue weighted by Gasteiger charge is 2.02. The van der Waals surface area contributed by atoms with Crippen LogP contribution in [0.1, 0.15) is 0 Å². The predicted octanol–water partition coefficient (Wildman–Crippen LogP) is 4.65. The Morgan fingerprint density at radius 2 is 1.53 bits per heavy atom. The molecule has 0 aromatic heterocycles. The van der Waals surface area contributed by atoms with E-state index < -0.39 is 0 Å². The van der Waals surface area contributed by atoms with Gasteiger partial charge in [-0.3, -0.25) is 0 Å². The molecule has 0 saturated carbocycles. The number of ether oxygens (including phenoxy) is 1. The fourth-order valence-electron chi connectivity index (χ4n) is 2.20. The molecule has 0 spiro atoms. The number of halogens is 1. The molecule has 0 atom stereocenters. The van der Waals surface area contributed by atoms with Crippen molar-refractivity contribution in [3.8, 4) is 16.9 Å². The Balaban J connectivity index is 2.11. The van der Waals surface area contributed by atoms with Gasteiger partial charge in [-0.25, -0.2) is 4.39 Å². The third-order valence-corrected chi connectivity index (χ3v) is 3.21. The average Bonchev–Trinajstić information content (AvgIpc) is 2.46. The van der Waals surface area contributed by atoms with Crippen LogP contribution in [0.3, 0.4) is 0 Å². The van der Waals surface area contributed by atoms with Crippen LogP contribution in [0.2, 0.25) is 0 Å². The van der Waals surface area contributed by atoms with Crippen molar-refractivity contribution < 1.29 is 9.13 Å². The van der Waals surface area contributed by atoms with Crippen LogP contribution in [0.4, 0.5) is 4.39 Å². The normalized spacial score (nSPS) is 10.6. The molecule has 1 nitrogen and oxygen atoms in total. The minimum Gasteiger partial charge on any atom is -0.497 e. The molecule has 0 aliphatic rings. The van der Waals surface area contributed by atoms with E-state index in [-0.39, 0.29) is 5.82 Å². The van der Waals surface area contributed by atoms with Crippen molar-refractivity contribution in [2.24, 2.45) is 0 Å². The number of methoxy groups -OCH3 is 1. The lowest BCUT2D eigenvalue weighted by molar-refractivity contribution is 0.415. The van der Waals surface area contributed by atoms with Crippen molar-refractivity contribution >= 4 is 10.8 Å². The van der Waals surface area contributed by atoms with Crippen molar-refractivity contribution in [1.29, 1.82) is 0 Å². The van der Waals surface area contributed by atoms with Gasteiger partial charge in [-0.05, 0) is 52.2 Å². The van der Waals surface area contributed by atoms with Gasteiger partial charge in [0.05, 0.1) is 7.11 Å². The predicted molar refractivity (Wildman–Crippen MR) is 75.9 cm³/mol. The van der Waals surface area contributed by atoms with Crippen LogP contribution in [0.5, 0.6) is 5.75 Å². The molecule has 0 radical (unpaired) electrons. The molecule has 94 valence electrons. The van der Waals surface area contributed by atoms with Gasteiger partial charge in [0, 0.05) is 0 Å². The zero-order chi connectivity index (χ0) is 13.2. The van der Waals surface area contributed by atoms with Gasteiger partial charge in [0.1, 0.15) is 11.6 Å². The maximum Gasteiger partial charge on any atom is 0.123 e. The summed E-state index contributed by atoms with van der Waals surface area (Å²) in [6.45, 7) is 0. The molecular formula is C17H13FO. The number of benzene rings is 3. The van der Waals surface area contributed by atoms with Crippen LogP contribution >= 0.6 is 0 Å². The maximum absolute atomic E-state index is 13.2. The van der Waals surface area contributed by atoms with Crippen LogP contribution in [0.15, 0.2) is 60.7 Å². The summed E-state index contributed by atoms with van der Waals surface area (Å²) in [6.07, 6.45) is 0. The molecule has 3 rings (SSSR count). The summed E-state index contributed by atoms with van der Waals surface area (Å²) >= 11 is 0. The Kier molecular flexibility index (Phi) is 2.92. The second kappa shape index (κ2) is 4.73. The van der Waals surface area contributed by atoms with Crippen LogP contribution in [0.25, 0.3) is 21.9 Å². The topological polar surface area (TPSA) is 9.23 Å². The van der Waals surface area contributed by atoms with Crippen LogP contribution in [-0.2, 0) is 0 Å². The number of rotatable bonds is 2. The van der Waals surface area contributed by atoms with Gasteiger partial charge in [-0.1, -0.05) is 30.3 Å². The third kappa shape index (κ3) is 2.29. The minimum atomic E-state index is -0.215. The zero-order valence-electron chi connectivity index (χ0n) is 10.6. The third-order valence-electron chi connectivity index (χ3n) is 3.21. The zero-order valence-corrected chi connectivity index (χ0v) is 10.6. The first-order valence-electron chi connectivity index (χ1n) is 6.10. The summed E-state index contributed by atoms with van der Waals surface area (Å²) in [6, 6.07) is 18.6. The van der Waals surface area contributed by atoms with Gasteiger partial charge < -0.3 is 4.74 Å². The van der Waals surface area contributed by atoms with E-state index in [0.717, 1.165) is 27.6 Å². The van der Waals surface area contributed by atoms with E-state index in [1.807, 2.05) is 36.4 Å². The van der Waals surface area contributed by atoms with Crippen molar-refractivity contribution in [2.75, 3.05) is 7.11 Å². The quantitative estimate of drug-likeness (QED) is 0.644. The highest BCUT2D eigenvalue weighted by molar-refractivity contribution is 5.88. The van der Waals surface area contributed by atoms with E-state index in [4.69, 9.17) is 4.74 Å². The summed E-state index contributed by atoms with van der Waals surface area (Å²) in [5, 5.41) is 2.22. The summed E-state index contributed by atoms with van der Waals surface area (Å²) in [5.74, 6) is 0.623. The highest BCUT2D eigenvalue weighted by Crippen LogP contribution is 2.27. The molecule has 19 heavy (non-hydrogen) atoms. The second-order valence-corrected chi connectivity index (χ2v) is 4.44. The standard InChI is InChI=1S/C17H13FO/c1-19-17-8-7-14-9-13(5-6-15(14)11-17)12-3-2-4-16(18)10-12/h2-11H,1H3. The molecule has 0 heterocycles. The molecule has 0 N–H and O–H groups in total. The van der Waals surface area contributed by atoms with Gasteiger partial charge in [0.2, 0.25) is 0 Å². The van der Waals surface area contributed by atoms with E-state index in [9.17, 15) is 4.39 Å². The first kappa shape index (κ1) is 11.7. The molecule has 0 aliphatic heterocycles. The molecule has 0 unspecified atom stereocenters. The number of fused-ring (bicyclic) bond motifs is 1. The Hall–Kier alpha value is -2.35. The molecule has 0 aliphatic carbocycles. The Bertz CT molecular complexity index is 734. The lowest BCUT2D eigenvalue weighted by Gasteiger charge is -2.06. The lowest BCUT2D eigenvalue weighted by atomic mass is 10.0. The van der Waals surface area contributed by atoms with Gasteiger partial charge in [0.25, 0.3) is 0 Å². The summed E-state index contributed by atoms with van der Waals surface area (Å²) in [5.41, 5.74) is 1.90. The summed E-state index contributed by atoms with van der Waals surface area (Å²) in [4.78, 5) is 0. The van der Waals surface area contributed by atoms with Crippen LogP contribution in [0, 0.1) is 5.82 Å². The molecule has 0 fully saturated rings. The first-order valence-corrected chi connectivity index (χ1v) is 6.10. The molecule has 3 aromatic carbocycles. The van der Waals surface area contributed by atoms with E-state index in [1.165, 1.54) is 6.07 Å². The molecule has 0 bridgehead atoms. The Morgan fingerprint density at radius 1 is 0.789 bits per heavy atom. The van der Waals surface area contributed by atoms with E-state index in [2.05, 4.69) is 6.07 Å². The van der Waals surface area contributed by atoms with Gasteiger partial charge in [-0.2, -0.15) is 0 Å². The smallest absolute Gasteiger partial charge is 0.123 e. The number of hydrogen-bond donors (Lipinski definition) is 0. The van der Waals surface area contributed by atoms with Crippen molar-refractivity contribution in [3.63, 3.8) is 0 Å². The Morgan fingerprint density at radius 3 is 2.32 bits per heavy atom. The van der Waals surface area contributed by atoms with Gasteiger partial charge >= 0.3 is 0 Å². The maximum atomic E-state index is 13.2. The van der Waals surface area contributed by atoms with Crippen molar-refractivity contribution in [2.45, 2.75) is 0 Å². The second-order valence-electron chi connectivity index (χ2n) is 4.44.